The first-order valence-corrected chi connectivity index (χ1v) is 11.9. The number of likely N-dealkylation sites (tertiary alicyclic amines) is 1. The summed E-state index contributed by atoms with van der Waals surface area (Å²) in [5.41, 5.74) is 1.84. The van der Waals surface area contributed by atoms with E-state index >= 15 is 0 Å². The summed E-state index contributed by atoms with van der Waals surface area (Å²) in [6.07, 6.45) is 4.40. The Morgan fingerprint density at radius 1 is 1.07 bits per heavy atom. The van der Waals surface area contributed by atoms with Gasteiger partial charge in [-0.25, -0.2) is 8.42 Å². The molecule has 3 rings (SSSR count). The smallest absolute Gasteiger partial charge is 0.243 e. The van der Waals surface area contributed by atoms with Crippen molar-refractivity contribution in [1.82, 2.24) is 14.1 Å². The van der Waals surface area contributed by atoms with Crippen molar-refractivity contribution in [2.45, 2.75) is 57.4 Å². The van der Waals surface area contributed by atoms with E-state index in [0.29, 0.717) is 43.7 Å². The molecule has 0 radical (unpaired) electrons. The van der Waals surface area contributed by atoms with Gasteiger partial charge in [-0.1, -0.05) is 24.6 Å². The Bertz CT molecular complexity index is 801. The van der Waals surface area contributed by atoms with Crippen LogP contribution in [0.2, 0.25) is 0 Å². The van der Waals surface area contributed by atoms with Crippen LogP contribution in [0.4, 0.5) is 0 Å². The minimum Gasteiger partial charge on any atom is -0.339 e. The van der Waals surface area contributed by atoms with Gasteiger partial charge in [0.2, 0.25) is 15.9 Å². The fourth-order valence-corrected chi connectivity index (χ4v) is 6.02. The summed E-state index contributed by atoms with van der Waals surface area (Å²) in [7, 11) is -3.48. The van der Waals surface area contributed by atoms with E-state index in [-0.39, 0.29) is 5.91 Å². The van der Waals surface area contributed by atoms with E-state index in [9.17, 15) is 13.2 Å². The lowest BCUT2D eigenvalue weighted by molar-refractivity contribution is -0.136. The highest BCUT2D eigenvalue weighted by molar-refractivity contribution is 7.89. The van der Waals surface area contributed by atoms with Crippen LogP contribution in [-0.2, 0) is 14.8 Å². The molecular weight excluding hydrogens is 374 g/mol. The van der Waals surface area contributed by atoms with Crippen molar-refractivity contribution in [3.8, 4) is 0 Å². The van der Waals surface area contributed by atoms with Crippen LogP contribution < -0.4 is 0 Å². The second kappa shape index (κ2) is 8.93. The number of aryl methyl sites for hydroxylation is 2. The summed E-state index contributed by atoms with van der Waals surface area (Å²) in [4.78, 5) is 17.3. The van der Waals surface area contributed by atoms with Gasteiger partial charge in [-0.3, -0.25) is 9.69 Å². The number of benzene rings is 1. The van der Waals surface area contributed by atoms with E-state index in [4.69, 9.17) is 0 Å². The monoisotopic (exact) mass is 407 g/mol. The van der Waals surface area contributed by atoms with Gasteiger partial charge < -0.3 is 4.90 Å². The Kier molecular flexibility index (Phi) is 6.78. The van der Waals surface area contributed by atoms with Crippen molar-refractivity contribution in [1.29, 1.82) is 0 Å². The summed E-state index contributed by atoms with van der Waals surface area (Å²) < 4.78 is 27.6. The third-order valence-electron chi connectivity index (χ3n) is 6.06. The summed E-state index contributed by atoms with van der Waals surface area (Å²) in [5, 5.41) is 0. The van der Waals surface area contributed by atoms with Gasteiger partial charge in [0.1, 0.15) is 0 Å². The van der Waals surface area contributed by atoms with E-state index in [0.717, 1.165) is 36.9 Å². The zero-order valence-electron chi connectivity index (χ0n) is 17.4. The van der Waals surface area contributed by atoms with Gasteiger partial charge in [-0.2, -0.15) is 4.31 Å². The minimum absolute atomic E-state index is 0.192. The fourth-order valence-electron chi connectivity index (χ4n) is 4.39. The number of carbonyl (C=O) groups excluding carboxylic acids is 1. The van der Waals surface area contributed by atoms with Gasteiger partial charge >= 0.3 is 0 Å². The molecule has 1 atom stereocenters. The Balaban J connectivity index is 1.59. The van der Waals surface area contributed by atoms with E-state index in [1.165, 1.54) is 6.42 Å². The minimum atomic E-state index is -3.48. The molecule has 1 amide bonds. The lowest BCUT2D eigenvalue weighted by Gasteiger charge is -2.38. The summed E-state index contributed by atoms with van der Waals surface area (Å²) in [6, 6.07) is 5.83. The fraction of sp³-hybridized carbons (Fsp3) is 0.667. The van der Waals surface area contributed by atoms with Gasteiger partial charge in [-0.05, 0) is 51.2 Å². The number of nitrogens with zero attached hydrogens (tertiary/aromatic N) is 3. The molecule has 0 aromatic heterocycles. The second-order valence-electron chi connectivity index (χ2n) is 8.09. The zero-order valence-corrected chi connectivity index (χ0v) is 18.2. The Morgan fingerprint density at radius 2 is 1.79 bits per heavy atom. The number of piperidine rings is 1. The third kappa shape index (κ3) is 4.58. The second-order valence-corrected chi connectivity index (χ2v) is 10.0. The van der Waals surface area contributed by atoms with Crippen molar-refractivity contribution in [3.63, 3.8) is 0 Å². The number of sulfonamides is 1. The first kappa shape index (κ1) is 21.3. The average Bonchev–Trinajstić information content (AvgIpc) is 2.68. The highest BCUT2D eigenvalue weighted by atomic mass is 32.2. The highest BCUT2D eigenvalue weighted by Crippen LogP contribution is 2.23. The molecule has 2 saturated heterocycles. The van der Waals surface area contributed by atoms with Crippen LogP contribution in [0.5, 0.6) is 0 Å². The molecule has 28 heavy (non-hydrogen) atoms. The molecule has 2 aliphatic heterocycles. The Hall–Kier alpha value is -1.44. The number of amides is 1. The first-order chi connectivity index (χ1) is 13.3. The predicted octanol–water partition coefficient (Wildman–Crippen LogP) is 2.40. The quantitative estimate of drug-likeness (QED) is 0.752. The van der Waals surface area contributed by atoms with Gasteiger partial charge in [0.15, 0.2) is 0 Å². The van der Waals surface area contributed by atoms with Crippen LogP contribution in [0, 0.1) is 13.8 Å². The standard InChI is InChI=1S/C21H33N3O3S/c1-4-19-7-5-6-10-24(19)21(25)16-22-11-13-23(14-12-22)28(26,27)20-9-8-17(2)15-18(20)3/h8-9,15,19H,4-7,10-14,16H2,1-3H3/t19-/m0/s1. The summed E-state index contributed by atoms with van der Waals surface area (Å²) >= 11 is 0. The molecule has 2 heterocycles. The first-order valence-electron chi connectivity index (χ1n) is 10.4. The molecule has 0 N–H and O–H groups in total. The third-order valence-corrected chi connectivity index (χ3v) is 8.12. The molecule has 0 unspecified atom stereocenters. The molecule has 0 bridgehead atoms. The molecule has 1 aromatic rings. The van der Waals surface area contributed by atoms with Crippen LogP contribution >= 0.6 is 0 Å². The van der Waals surface area contributed by atoms with Crippen LogP contribution in [0.1, 0.15) is 43.7 Å². The molecular formula is C21H33N3O3S. The number of hydrogen-bond acceptors (Lipinski definition) is 4. The van der Waals surface area contributed by atoms with E-state index in [1.54, 1.807) is 10.4 Å². The molecule has 0 aliphatic carbocycles. The van der Waals surface area contributed by atoms with Crippen molar-refractivity contribution in [3.05, 3.63) is 29.3 Å². The van der Waals surface area contributed by atoms with Gasteiger partial charge in [0, 0.05) is 38.8 Å². The largest absolute Gasteiger partial charge is 0.339 e. The molecule has 2 aliphatic rings. The van der Waals surface area contributed by atoms with Crippen molar-refractivity contribution in [2.24, 2.45) is 0 Å². The van der Waals surface area contributed by atoms with Crippen LogP contribution in [-0.4, -0.2) is 73.7 Å². The van der Waals surface area contributed by atoms with Crippen LogP contribution in [0.3, 0.4) is 0 Å². The number of piperazine rings is 1. The van der Waals surface area contributed by atoms with Crippen molar-refractivity contribution >= 4 is 15.9 Å². The van der Waals surface area contributed by atoms with E-state index in [2.05, 4.69) is 11.8 Å². The highest BCUT2D eigenvalue weighted by Gasteiger charge is 2.32. The number of hydrogen-bond donors (Lipinski definition) is 0. The number of rotatable bonds is 5. The molecule has 0 spiro atoms. The molecule has 0 saturated carbocycles. The van der Waals surface area contributed by atoms with E-state index < -0.39 is 10.0 Å². The maximum absolute atomic E-state index is 13.0. The molecule has 7 heteroatoms. The SMILES string of the molecule is CC[C@H]1CCCCN1C(=O)CN1CCN(S(=O)(=O)c2ccc(C)cc2C)CC1. The Labute approximate surface area is 169 Å². The zero-order chi connectivity index (χ0) is 20.3. The maximum atomic E-state index is 13.0. The maximum Gasteiger partial charge on any atom is 0.243 e. The van der Waals surface area contributed by atoms with Gasteiger partial charge in [-0.15, -0.1) is 0 Å². The average molecular weight is 408 g/mol. The molecule has 2 fully saturated rings. The lowest BCUT2D eigenvalue weighted by atomic mass is 10.00. The Morgan fingerprint density at radius 3 is 2.43 bits per heavy atom. The van der Waals surface area contributed by atoms with Gasteiger partial charge in [0.05, 0.1) is 11.4 Å². The number of carbonyl (C=O) groups is 1. The lowest BCUT2D eigenvalue weighted by Crippen LogP contribution is -2.53. The predicted molar refractivity (Wildman–Crippen MR) is 111 cm³/mol. The van der Waals surface area contributed by atoms with Crippen molar-refractivity contribution in [2.75, 3.05) is 39.3 Å². The molecule has 156 valence electrons. The summed E-state index contributed by atoms with van der Waals surface area (Å²) in [6.45, 7) is 9.27. The van der Waals surface area contributed by atoms with Crippen molar-refractivity contribution < 1.29 is 13.2 Å². The molecule has 1 aromatic carbocycles. The van der Waals surface area contributed by atoms with Gasteiger partial charge in [0.25, 0.3) is 0 Å². The van der Waals surface area contributed by atoms with Crippen LogP contribution in [0.25, 0.3) is 0 Å². The normalized spacial score (nSPS) is 22.4. The summed E-state index contributed by atoms with van der Waals surface area (Å²) in [5.74, 6) is 0.192. The topological polar surface area (TPSA) is 60.9 Å². The van der Waals surface area contributed by atoms with Crippen LogP contribution in [0.15, 0.2) is 23.1 Å². The van der Waals surface area contributed by atoms with E-state index in [1.807, 2.05) is 30.9 Å². The molecule has 6 nitrogen and oxygen atoms in total.